The van der Waals surface area contributed by atoms with Crippen molar-refractivity contribution >= 4 is 17.3 Å². The van der Waals surface area contributed by atoms with E-state index in [1.54, 1.807) is 0 Å². The third-order valence-corrected chi connectivity index (χ3v) is 5.26. The maximum absolute atomic E-state index is 11.6. The minimum atomic E-state index is -0.251. The van der Waals surface area contributed by atoms with E-state index in [1.165, 1.54) is 50.6 Å². The molecule has 0 aromatic carbocycles. The molecule has 3 nitrogen and oxygen atoms in total. The molecule has 1 aliphatic rings. The molecule has 2 rings (SSSR count). The first-order chi connectivity index (χ1) is 8.65. The Labute approximate surface area is 113 Å². The largest absolute Gasteiger partial charge is 0.465 e. The van der Waals surface area contributed by atoms with Gasteiger partial charge in [0.1, 0.15) is 4.88 Å². The van der Waals surface area contributed by atoms with Crippen LogP contribution in [0.15, 0.2) is 0 Å². The summed E-state index contributed by atoms with van der Waals surface area (Å²) in [5, 5.41) is 1.13. The zero-order valence-corrected chi connectivity index (χ0v) is 12.2. The van der Waals surface area contributed by atoms with Crippen molar-refractivity contribution in [1.29, 1.82) is 0 Å². The van der Waals surface area contributed by atoms with Crippen LogP contribution in [-0.2, 0) is 4.74 Å². The van der Waals surface area contributed by atoms with E-state index in [-0.39, 0.29) is 5.97 Å². The van der Waals surface area contributed by atoms with Crippen LogP contribution in [0.25, 0.3) is 0 Å². The van der Waals surface area contributed by atoms with Crippen LogP contribution >= 0.6 is 11.3 Å². The Morgan fingerprint density at radius 3 is 2.61 bits per heavy atom. The lowest BCUT2D eigenvalue weighted by Crippen LogP contribution is -2.12. The lowest BCUT2D eigenvalue weighted by atomic mass is 9.81. The SMILES string of the molecule is CCC1CCC(c2nc(C)c(C(=O)OC)s2)CC1. The number of esters is 1. The zero-order chi connectivity index (χ0) is 13.1. The van der Waals surface area contributed by atoms with Crippen LogP contribution in [0.4, 0.5) is 0 Å². The second kappa shape index (κ2) is 5.83. The minimum Gasteiger partial charge on any atom is -0.465 e. The lowest BCUT2D eigenvalue weighted by Gasteiger charge is -2.26. The van der Waals surface area contributed by atoms with Crippen LogP contribution in [0, 0.1) is 12.8 Å². The number of hydrogen-bond acceptors (Lipinski definition) is 4. The standard InChI is InChI=1S/C14H21NO2S/c1-4-10-5-7-11(8-6-10)13-15-9(2)12(18-13)14(16)17-3/h10-11H,4-8H2,1-3H3. The first-order valence-electron chi connectivity index (χ1n) is 6.71. The highest BCUT2D eigenvalue weighted by Gasteiger charge is 2.25. The van der Waals surface area contributed by atoms with Gasteiger partial charge in [0.05, 0.1) is 17.8 Å². The fourth-order valence-corrected chi connectivity index (χ4v) is 3.85. The van der Waals surface area contributed by atoms with Crippen LogP contribution < -0.4 is 0 Å². The molecule has 1 aromatic rings. The van der Waals surface area contributed by atoms with E-state index in [1.807, 2.05) is 6.92 Å². The number of aromatic nitrogens is 1. The van der Waals surface area contributed by atoms with Gasteiger partial charge in [-0.15, -0.1) is 11.3 Å². The molecule has 0 atom stereocenters. The molecule has 0 saturated heterocycles. The monoisotopic (exact) mass is 267 g/mol. The maximum atomic E-state index is 11.6. The number of hydrogen-bond donors (Lipinski definition) is 0. The molecule has 18 heavy (non-hydrogen) atoms. The molecule has 100 valence electrons. The van der Waals surface area contributed by atoms with Crippen molar-refractivity contribution in [3.8, 4) is 0 Å². The van der Waals surface area contributed by atoms with Crippen molar-refractivity contribution in [2.45, 2.75) is 51.9 Å². The Kier molecular flexibility index (Phi) is 4.38. The first-order valence-corrected chi connectivity index (χ1v) is 7.53. The lowest BCUT2D eigenvalue weighted by molar-refractivity contribution is 0.0605. The number of carbonyl (C=O) groups is 1. The Balaban J connectivity index is 2.08. The summed E-state index contributed by atoms with van der Waals surface area (Å²) in [6.07, 6.45) is 6.32. The smallest absolute Gasteiger partial charge is 0.349 e. The normalized spacial score (nSPS) is 23.9. The van der Waals surface area contributed by atoms with Gasteiger partial charge < -0.3 is 4.74 Å². The van der Waals surface area contributed by atoms with E-state index >= 15 is 0 Å². The highest BCUT2D eigenvalue weighted by molar-refractivity contribution is 7.13. The first kappa shape index (κ1) is 13.5. The molecular weight excluding hydrogens is 246 g/mol. The molecule has 0 aliphatic heterocycles. The second-order valence-electron chi connectivity index (χ2n) is 5.08. The number of ether oxygens (including phenoxy) is 1. The van der Waals surface area contributed by atoms with E-state index in [0.717, 1.165) is 16.6 Å². The number of carbonyl (C=O) groups excluding carboxylic acids is 1. The average molecular weight is 267 g/mol. The van der Waals surface area contributed by atoms with E-state index in [9.17, 15) is 4.79 Å². The van der Waals surface area contributed by atoms with Crippen LogP contribution in [0.5, 0.6) is 0 Å². The molecule has 0 radical (unpaired) electrons. The zero-order valence-electron chi connectivity index (χ0n) is 11.4. The minimum absolute atomic E-state index is 0.251. The van der Waals surface area contributed by atoms with Crippen LogP contribution in [0.1, 0.15) is 65.3 Å². The van der Waals surface area contributed by atoms with Gasteiger partial charge in [0.2, 0.25) is 0 Å². The number of rotatable bonds is 3. The number of methoxy groups -OCH3 is 1. The van der Waals surface area contributed by atoms with Crippen LogP contribution in [0.3, 0.4) is 0 Å². The van der Waals surface area contributed by atoms with Gasteiger partial charge in [0.25, 0.3) is 0 Å². The number of nitrogens with zero attached hydrogens (tertiary/aromatic N) is 1. The highest BCUT2D eigenvalue weighted by Crippen LogP contribution is 2.39. The van der Waals surface area contributed by atoms with Crippen molar-refractivity contribution in [1.82, 2.24) is 4.98 Å². The second-order valence-corrected chi connectivity index (χ2v) is 6.11. The molecule has 1 fully saturated rings. The van der Waals surface area contributed by atoms with E-state index < -0.39 is 0 Å². The van der Waals surface area contributed by atoms with E-state index in [0.29, 0.717) is 10.8 Å². The highest BCUT2D eigenvalue weighted by atomic mass is 32.1. The summed E-state index contributed by atoms with van der Waals surface area (Å²) in [6.45, 7) is 4.16. The molecule has 0 N–H and O–H groups in total. The van der Waals surface area contributed by atoms with Gasteiger partial charge in [-0.1, -0.05) is 13.3 Å². The molecule has 1 saturated carbocycles. The predicted octanol–water partition coefficient (Wildman–Crippen LogP) is 3.92. The van der Waals surface area contributed by atoms with Crippen LogP contribution in [0.2, 0.25) is 0 Å². The van der Waals surface area contributed by atoms with Gasteiger partial charge in [-0.3, -0.25) is 0 Å². The molecule has 0 bridgehead atoms. The molecule has 4 heteroatoms. The van der Waals surface area contributed by atoms with E-state index in [4.69, 9.17) is 4.74 Å². The number of thiazole rings is 1. The van der Waals surface area contributed by atoms with Gasteiger partial charge >= 0.3 is 5.97 Å². The van der Waals surface area contributed by atoms with Gasteiger partial charge in [-0.05, 0) is 38.5 Å². The van der Waals surface area contributed by atoms with Gasteiger partial charge in [0.15, 0.2) is 0 Å². The average Bonchev–Trinajstić information content (AvgIpc) is 2.80. The van der Waals surface area contributed by atoms with Crippen molar-refractivity contribution < 1.29 is 9.53 Å². The molecule has 0 unspecified atom stereocenters. The Morgan fingerprint density at radius 2 is 2.06 bits per heavy atom. The van der Waals surface area contributed by atoms with Gasteiger partial charge in [-0.25, -0.2) is 9.78 Å². The fourth-order valence-electron chi connectivity index (χ4n) is 2.69. The summed E-state index contributed by atoms with van der Waals surface area (Å²) in [5.41, 5.74) is 0.819. The quantitative estimate of drug-likeness (QED) is 0.779. The summed E-state index contributed by atoms with van der Waals surface area (Å²) in [4.78, 5) is 16.8. The molecule has 1 heterocycles. The van der Waals surface area contributed by atoms with Crippen molar-refractivity contribution in [2.24, 2.45) is 5.92 Å². The van der Waals surface area contributed by atoms with E-state index in [2.05, 4.69) is 11.9 Å². The van der Waals surface area contributed by atoms with Crippen molar-refractivity contribution in [2.75, 3.05) is 7.11 Å². The Bertz CT molecular complexity index is 419. The summed E-state index contributed by atoms with van der Waals surface area (Å²) >= 11 is 1.52. The summed E-state index contributed by atoms with van der Waals surface area (Å²) in [7, 11) is 1.42. The topological polar surface area (TPSA) is 39.2 Å². The maximum Gasteiger partial charge on any atom is 0.349 e. The molecule has 0 spiro atoms. The fraction of sp³-hybridized carbons (Fsp3) is 0.714. The number of aryl methyl sites for hydroxylation is 1. The molecule has 1 aromatic heterocycles. The van der Waals surface area contributed by atoms with Gasteiger partial charge in [-0.2, -0.15) is 0 Å². The Morgan fingerprint density at radius 1 is 1.39 bits per heavy atom. The summed E-state index contributed by atoms with van der Waals surface area (Å²) in [5.74, 6) is 1.19. The summed E-state index contributed by atoms with van der Waals surface area (Å²) in [6, 6.07) is 0. The molecular formula is C14H21NO2S. The third kappa shape index (κ3) is 2.74. The molecule has 0 amide bonds. The van der Waals surface area contributed by atoms with Gasteiger partial charge in [0, 0.05) is 5.92 Å². The van der Waals surface area contributed by atoms with Crippen molar-refractivity contribution in [3.05, 3.63) is 15.6 Å². The van der Waals surface area contributed by atoms with Crippen LogP contribution in [-0.4, -0.2) is 18.1 Å². The Hall–Kier alpha value is -0.900. The predicted molar refractivity (Wildman–Crippen MR) is 73.2 cm³/mol. The third-order valence-electron chi connectivity index (χ3n) is 3.96. The molecule has 1 aliphatic carbocycles. The van der Waals surface area contributed by atoms with Crippen molar-refractivity contribution in [3.63, 3.8) is 0 Å². The summed E-state index contributed by atoms with van der Waals surface area (Å²) < 4.78 is 4.78.